The van der Waals surface area contributed by atoms with Gasteiger partial charge in [-0.2, -0.15) is 10.2 Å². The van der Waals surface area contributed by atoms with E-state index in [0.29, 0.717) is 11.4 Å². The summed E-state index contributed by atoms with van der Waals surface area (Å²) in [6.07, 6.45) is 0. The van der Waals surface area contributed by atoms with E-state index in [0.717, 1.165) is 27.2 Å². The van der Waals surface area contributed by atoms with Gasteiger partial charge in [-0.1, -0.05) is 0 Å². The quantitative estimate of drug-likeness (QED) is 0.737. The van der Waals surface area contributed by atoms with Crippen molar-refractivity contribution in [3.05, 3.63) is 57.4 Å². The molecule has 0 aliphatic carbocycles. The van der Waals surface area contributed by atoms with E-state index in [2.05, 4.69) is 36.5 Å². The number of benzene rings is 1. The molecule has 3 rings (SSSR count). The molecule has 0 radical (unpaired) electrons. The fourth-order valence-corrected chi connectivity index (χ4v) is 2.55. The summed E-state index contributed by atoms with van der Waals surface area (Å²) >= 11 is 3.52. The largest absolute Gasteiger partial charge is 0.305 e. The van der Waals surface area contributed by atoms with Gasteiger partial charge in [0.05, 0.1) is 21.5 Å². The number of nitrogens with zero attached hydrogens (tertiary/aromatic N) is 3. The van der Waals surface area contributed by atoms with Crippen LogP contribution >= 0.6 is 15.9 Å². The minimum Gasteiger partial charge on any atom is -0.305 e. The number of aromatic amines is 1. The Morgan fingerprint density at radius 2 is 1.91 bits per heavy atom. The highest BCUT2D eigenvalue weighted by Gasteiger charge is 2.12. The van der Waals surface area contributed by atoms with Gasteiger partial charge in [-0.05, 0) is 61.0 Å². The van der Waals surface area contributed by atoms with E-state index in [-0.39, 0.29) is 5.91 Å². The van der Waals surface area contributed by atoms with Crippen LogP contribution in [0.25, 0.3) is 5.69 Å². The van der Waals surface area contributed by atoms with Gasteiger partial charge in [0.1, 0.15) is 0 Å². The zero-order valence-electron chi connectivity index (χ0n) is 13.0. The number of H-pyrrole nitrogens is 1. The standard InChI is InChI=1S/C16H16BrN5O/c1-9-8-14(20-19-9)18-16(23)12-4-6-13(7-5-12)22-11(3)15(17)10(2)21-22/h4-8H,1-3H3,(H2,18,19,20,23). The third-order valence-electron chi connectivity index (χ3n) is 3.52. The van der Waals surface area contributed by atoms with Crippen LogP contribution in [0.15, 0.2) is 34.8 Å². The lowest BCUT2D eigenvalue weighted by atomic mass is 10.2. The summed E-state index contributed by atoms with van der Waals surface area (Å²) in [4.78, 5) is 12.2. The van der Waals surface area contributed by atoms with Gasteiger partial charge in [-0.15, -0.1) is 0 Å². The number of halogens is 1. The van der Waals surface area contributed by atoms with Gasteiger partial charge in [-0.25, -0.2) is 4.68 Å². The molecule has 0 atom stereocenters. The lowest BCUT2D eigenvalue weighted by molar-refractivity contribution is 0.102. The first-order valence-electron chi connectivity index (χ1n) is 7.11. The van der Waals surface area contributed by atoms with Gasteiger partial charge in [0.2, 0.25) is 0 Å². The molecule has 1 amide bonds. The number of carbonyl (C=O) groups excluding carboxylic acids is 1. The maximum Gasteiger partial charge on any atom is 0.256 e. The fourth-order valence-electron chi connectivity index (χ4n) is 2.30. The molecule has 0 aliphatic heterocycles. The fraction of sp³-hybridized carbons (Fsp3) is 0.188. The predicted molar refractivity (Wildman–Crippen MR) is 92.0 cm³/mol. The molecule has 0 spiro atoms. The van der Waals surface area contributed by atoms with Crippen LogP contribution in [0.3, 0.4) is 0 Å². The average Bonchev–Trinajstić information content (AvgIpc) is 3.06. The van der Waals surface area contributed by atoms with Gasteiger partial charge in [0, 0.05) is 17.3 Å². The van der Waals surface area contributed by atoms with Crippen molar-refractivity contribution in [2.24, 2.45) is 0 Å². The summed E-state index contributed by atoms with van der Waals surface area (Å²) in [7, 11) is 0. The molecule has 6 nitrogen and oxygen atoms in total. The third kappa shape index (κ3) is 3.05. The van der Waals surface area contributed by atoms with E-state index in [1.165, 1.54) is 0 Å². The van der Waals surface area contributed by atoms with Crippen LogP contribution in [0, 0.1) is 20.8 Å². The van der Waals surface area contributed by atoms with Crippen LogP contribution in [0.5, 0.6) is 0 Å². The molecule has 0 fully saturated rings. The van der Waals surface area contributed by atoms with Crippen molar-refractivity contribution in [3.63, 3.8) is 0 Å². The molecule has 0 saturated carbocycles. The van der Waals surface area contributed by atoms with Crippen LogP contribution in [0.1, 0.15) is 27.4 Å². The lowest BCUT2D eigenvalue weighted by Crippen LogP contribution is -2.12. The second-order valence-electron chi connectivity index (χ2n) is 5.33. The third-order valence-corrected chi connectivity index (χ3v) is 4.67. The number of carbonyl (C=O) groups is 1. The van der Waals surface area contributed by atoms with Gasteiger partial charge in [0.25, 0.3) is 5.91 Å². The molecular weight excluding hydrogens is 358 g/mol. The Bertz CT molecular complexity index is 863. The number of hydrogen-bond donors (Lipinski definition) is 2. The Morgan fingerprint density at radius 3 is 2.43 bits per heavy atom. The molecule has 23 heavy (non-hydrogen) atoms. The topological polar surface area (TPSA) is 75.6 Å². The summed E-state index contributed by atoms with van der Waals surface area (Å²) in [6.45, 7) is 5.82. The van der Waals surface area contributed by atoms with E-state index in [4.69, 9.17) is 0 Å². The number of hydrogen-bond acceptors (Lipinski definition) is 3. The summed E-state index contributed by atoms with van der Waals surface area (Å²) in [5.41, 5.74) is 4.31. The van der Waals surface area contributed by atoms with E-state index in [1.807, 2.05) is 37.6 Å². The van der Waals surface area contributed by atoms with Gasteiger partial charge in [0.15, 0.2) is 5.82 Å². The Kier molecular flexibility index (Phi) is 4.04. The van der Waals surface area contributed by atoms with Crippen molar-refractivity contribution in [1.82, 2.24) is 20.0 Å². The summed E-state index contributed by atoms with van der Waals surface area (Å²) in [5.74, 6) is 0.316. The molecule has 118 valence electrons. The molecule has 0 aliphatic rings. The molecule has 3 aromatic rings. The highest BCUT2D eigenvalue weighted by atomic mass is 79.9. The maximum atomic E-state index is 12.2. The van der Waals surface area contributed by atoms with E-state index in [9.17, 15) is 4.79 Å². The van der Waals surface area contributed by atoms with Gasteiger partial charge in [-0.3, -0.25) is 9.89 Å². The normalized spacial score (nSPS) is 10.8. The number of aromatic nitrogens is 4. The first-order chi connectivity index (χ1) is 11.0. The molecule has 0 unspecified atom stereocenters. The Labute approximate surface area is 142 Å². The van der Waals surface area contributed by atoms with Crippen LogP contribution in [0.4, 0.5) is 5.82 Å². The van der Waals surface area contributed by atoms with Crippen molar-refractivity contribution in [2.75, 3.05) is 5.32 Å². The number of nitrogens with one attached hydrogen (secondary N) is 2. The highest BCUT2D eigenvalue weighted by molar-refractivity contribution is 9.10. The zero-order chi connectivity index (χ0) is 16.6. The Hall–Kier alpha value is -2.41. The molecule has 0 saturated heterocycles. The van der Waals surface area contributed by atoms with Crippen LogP contribution < -0.4 is 5.32 Å². The average molecular weight is 374 g/mol. The minimum absolute atomic E-state index is 0.197. The van der Waals surface area contributed by atoms with Crippen LogP contribution in [-0.4, -0.2) is 25.9 Å². The van der Waals surface area contributed by atoms with E-state index < -0.39 is 0 Å². The molecule has 2 N–H and O–H groups in total. The molecule has 2 heterocycles. The van der Waals surface area contributed by atoms with Gasteiger partial charge >= 0.3 is 0 Å². The monoisotopic (exact) mass is 373 g/mol. The molecule has 2 aromatic heterocycles. The minimum atomic E-state index is -0.197. The molecule has 0 bridgehead atoms. The van der Waals surface area contributed by atoms with Crippen molar-refractivity contribution in [1.29, 1.82) is 0 Å². The number of aryl methyl sites for hydroxylation is 2. The molecule has 1 aromatic carbocycles. The van der Waals surface area contributed by atoms with Crippen molar-refractivity contribution in [2.45, 2.75) is 20.8 Å². The second-order valence-corrected chi connectivity index (χ2v) is 6.13. The van der Waals surface area contributed by atoms with Gasteiger partial charge < -0.3 is 5.32 Å². The first-order valence-corrected chi connectivity index (χ1v) is 7.90. The summed E-state index contributed by atoms with van der Waals surface area (Å²) < 4.78 is 2.84. The van der Waals surface area contributed by atoms with E-state index in [1.54, 1.807) is 18.2 Å². The highest BCUT2D eigenvalue weighted by Crippen LogP contribution is 2.23. The number of rotatable bonds is 3. The zero-order valence-corrected chi connectivity index (χ0v) is 14.6. The Morgan fingerprint density at radius 1 is 1.22 bits per heavy atom. The van der Waals surface area contributed by atoms with Crippen LogP contribution in [0.2, 0.25) is 0 Å². The summed E-state index contributed by atoms with van der Waals surface area (Å²) in [5, 5.41) is 14.0. The summed E-state index contributed by atoms with van der Waals surface area (Å²) in [6, 6.07) is 9.07. The maximum absolute atomic E-state index is 12.2. The first kappa shape index (κ1) is 15.5. The number of amides is 1. The second kappa shape index (κ2) is 6.00. The van der Waals surface area contributed by atoms with E-state index >= 15 is 0 Å². The predicted octanol–water partition coefficient (Wildman–Crippen LogP) is 3.54. The smallest absolute Gasteiger partial charge is 0.256 e. The number of anilines is 1. The van der Waals surface area contributed by atoms with Crippen molar-refractivity contribution >= 4 is 27.7 Å². The van der Waals surface area contributed by atoms with Crippen molar-refractivity contribution < 1.29 is 4.79 Å². The lowest BCUT2D eigenvalue weighted by Gasteiger charge is -2.06. The molecular formula is C16H16BrN5O. The van der Waals surface area contributed by atoms with Crippen LogP contribution in [-0.2, 0) is 0 Å². The Balaban J connectivity index is 1.81. The van der Waals surface area contributed by atoms with Crippen molar-refractivity contribution in [3.8, 4) is 5.69 Å². The SMILES string of the molecule is Cc1cc(NC(=O)c2ccc(-n3nc(C)c(Br)c3C)cc2)n[nH]1. The molecule has 7 heteroatoms.